The molecule has 0 atom stereocenters. The van der Waals surface area contributed by atoms with E-state index in [1.54, 1.807) is 30.3 Å². The lowest BCUT2D eigenvalue weighted by atomic mass is 10.1. The maximum Gasteiger partial charge on any atom is 0.416 e. The number of methoxy groups -OCH3 is 2. The van der Waals surface area contributed by atoms with Gasteiger partial charge in [-0.2, -0.15) is 13.2 Å². The van der Waals surface area contributed by atoms with Gasteiger partial charge in [-0.15, -0.1) is 0 Å². The minimum Gasteiger partial charge on any atom is -0.494 e. The molecule has 6 nitrogen and oxygen atoms in total. The summed E-state index contributed by atoms with van der Waals surface area (Å²) >= 11 is 0. The highest BCUT2D eigenvalue weighted by Crippen LogP contribution is 2.37. The summed E-state index contributed by atoms with van der Waals surface area (Å²) in [5.74, 6) is -0.542. The largest absolute Gasteiger partial charge is 0.494 e. The van der Waals surface area contributed by atoms with Crippen molar-refractivity contribution in [2.24, 2.45) is 0 Å². The molecular weight excluding hydrogens is 425 g/mol. The van der Waals surface area contributed by atoms with Crippen molar-refractivity contribution in [3.63, 3.8) is 0 Å². The minimum atomic E-state index is -4.49. The first kappa shape index (κ1) is 22.7. The van der Waals surface area contributed by atoms with Crippen molar-refractivity contribution in [1.82, 2.24) is 0 Å². The van der Waals surface area contributed by atoms with Crippen LogP contribution >= 0.6 is 0 Å². The number of amides is 2. The molecule has 2 amide bonds. The zero-order valence-corrected chi connectivity index (χ0v) is 17.1. The van der Waals surface area contributed by atoms with Gasteiger partial charge in [0.25, 0.3) is 11.8 Å². The van der Waals surface area contributed by atoms with Crippen LogP contribution in [0, 0.1) is 0 Å². The third kappa shape index (κ3) is 5.18. The Hall–Kier alpha value is -4.01. The summed E-state index contributed by atoms with van der Waals surface area (Å²) in [5.41, 5.74) is 0.137. The number of hydrogen-bond donors (Lipinski definition) is 2. The van der Waals surface area contributed by atoms with Gasteiger partial charge in [0.15, 0.2) is 0 Å². The second kappa shape index (κ2) is 9.42. The average Bonchev–Trinajstić information content (AvgIpc) is 2.79. The predicted octanol–water partition coefficient (Wildman–Crippen LogP) is 5.23. The molecule has 0 bridgehead atoms. The third-order valence-corrected chi connectivity index (χ3v) is 4.53. The molecule has 0 aliphatic heterocycles. The van der Waals surface area contributed by atoms with Gasteiger partial charge in [-0.3, -0.25) is 9.59 Å². The number of halogens is 3. The number of rotatable bonds is 6. The number of carbonyl (C=O) groups is 2. The first-order chi connectivity index (χ1) is 15.2. The van der Waals surface area contributed by atoms with Crippen LogP contribution in [0.15, 0.2) is 66.7 Å². The molecule has 3 aromatic carbocycles. The Morgan fingerprint density at radius 1 is 0.719 bits per heavy atom. The van der Waals surface area contributed by atoms with Crippen LogP contribution in [0.1, 0.15) is 26.3 Å². The second-order valence-electron chi connectivity index (χ2n) is 6.60. The Kier molecular flexibility index (Phi) is 6.67. The first-order valence-electron chi connectivity index (χ1n) is 9.34. The van der Waals surface area contributed by atoms with Crippen molar-refractivity contribution in [3.8, 4) is 11.5 Å². The molecule has 0 spiro atoms. The molecule has 0 fully saturated rings. The van der Waals surface area contributed by atoms with Gasteiger partial charge in [0, 0.05) is 23.3 Å². The molecule has 0 aliphatic carbocycles. The standard InChI is InChI=1S/C23H19F3N2O4/c1-31-19-13-18(28-22(30)15-8-10-16(11-9-15)23(24,25)26)20(32-2)12-17(19)27-21(29)14-6-4-3-5-7-14/h3-13H,1-2H3,(H,27,29)(H,28,30). The van der Waals surface area contributed by atoms with E-state index in [-0.39, 0.29) is 28.7 Å². The number of nitrogens with one attached hydrogen (secondary N) is 2. The number of carbonyl (C=O) groups excluding carboxylic acids is 2. The maximum atomic E-state index is 12.7. The van der Waals surface area contributed by atoms with E-state index in [1.165, 1.54) is 26.4 Å². The van der Waals surface area contributed by atoms with Gasteiger partial charge < -0.3 is 20.1 Å². The molecule has 0 heterocycles. The maximum absolute atomic E-state index is 12.7. The van der Waals surface area contributed by atoms with Gasteiger partial charge >= 0.3 is 6.18 Å². The average molecular weight is 444 g/mol. The molecular formula is C23H19F3N2O4. The molecule has 0 saturated carbocycles. The van der Waals surface area contributed by atoms with Crippen molar-refractivity contribution >= 4 is 23.2 Å². The Balaban J connectivity index is 1.84. The fraction of sp³-hybridized carbons (Fsp3) is 0.130. The summed E-state index contributed by atoms with van der Waals surface area (Å²) in [6.45, 7) is 0. The highest BCUT2D eigenvalue weighted by molar-refractivity contribution is 6.07. The summed E-state index contributed by atoms with van der Waals surface area (Å²) in [7, 11) is 2.76. The van der Waals surface area contributed by atoms with E-state index in [4.69, 9.17) is 9.47 Å². The number of ether oxygens (including phenoxy) is 2. The summed E-state index contributed by atoms with van der Waals surface area (Å²) < 4.78 is 48.8. The molecule has 0 unspecified atom stereocenters. The fourth-order valence-electron chi connectivity index (χ4n) is 2.88. The third-order valence-electron chi connectivity index (χ3n) is 4.53. The van der Waals surface area contributed by atoms with Crippen LogP contribution in [0.4, 0.5) is 24.5 Å². The number of alkyl halides is 3. The van der Waals surface area contributed by atoms with Crippen molar-refractivity contribution < 1.29 is 32.2 Å². The molecule has 9 heteroatoms. The Morgan fingerprint density at radius 2 is 1.16 bits per heavy atom. The van der Waals surface area contributed by atoms with Crippen LogP contribution in [0.2, 0.25) is 0 Å². The van der Waals surface area contributed by atoms with E-state index in [0.717, 1.165) is 24.3 Å². The Labute approximate surface area is 182 Å². The number of benzene rings is 3. The van der Waals surface area contributed by atoms with Crippen LogP contribution in [0.5, 0.6) is 11.5 Å². The lowest BCUT2D eigenvalue weighted by Gasteiger charge is -2.16. The number of hydrogen-bond acceptors (Lipinski definition) is 4. The van der Waals surface area contributed by atoms with Crippen molar-refractivity contribution in [1.29, 1.82) is 0 Å². The highest BCUT2D eigenvalue weighted by Gasteiger charge is 2.30. The van der Waals surface area contributed by atoms with Crippen LogP contribution < -0.4 is 20.1 Å². The smallest absolute Gasteiger partial charge is 0.416 e. The van der Waals surface area contributed by atoms with Crippen LogP contribution in [0.25, 0.3) is 0 Å². The predicted molar refractivity (Wildman–Crippen MR) is 113 cm³/mol. The normalized spacial score (nSPS) is 10.9. The molecule has 0 saturated heterocycles. The van der Waals surface area contributed by atoms with Gasteiger partial charge in [0.05, 0.1) is 31.2 Å². The summed E-state index contributed by atoms with van der Waals surface area (Å²) in [4.78, 5) is 25.0. The lowest BCUT2D eigenvalue weighted by molar-refractivity contribution is -0.137. The molecule has 0 aromatic heterocycles. The van der Waals surface area contributed by atoms with Crippen molar-refractivity contribution in [3.05, 3.63) is 83.4 Å². The van der Waals surface area contributed by atoms with E-state index in [0.29, 0.717) is 11.3 Å². The molecule has 0 aliphatic rings. The summed E-state index contributed by atoms with van der Waals surface area (Å²) in [6, 6.07) is 15.3. The summed E-state index contributed by atoms with van der Waals surface area (Å²) in [6.07, 6.45) is -4.49. The molecule has 3 rings (SSSR count). The van der Waals surface area contributed by atoms with E-state index in [2.05, 4.69) is 10.6 Å². The number of anilines is 2. The fourth-order valence-corrected chi connectivity index (χ4v) is 2.88. The van der Waals surface area contributed by atoms with Gasteiger partial charge in [0.1, 0.15) is 11.5 Å². The van der Waals surface area contributed by atoms with Crippen molar-refractivity contribution in [2.45, 2.75) is 6.18 Å². The minimum absolute atomic E-state index is 0.0282. The molecule has 0 radical (unpaired) electrons. The summed E-state index contributed by atoms with van der Waals surface area (Å²) in [5, 5.41) is 5.31. The topological polar surface area (TPSA) is 76.7 Å². The van der Waals surface area contributed by atoms with E-state index >= 15 is 0 Å². The Morgan fingerprint density at radius 3 is 1.56 bits per heavy atom. The van der Waals surface area contributed by atoms with Gasteiger partial charge in [-0.05, 0) is 36.4 Å². The second-order valence-corrected chi connectivity index (χ2v) is 6.60. The van der Waals surface area contributed by atoms with E-state index in [1.807, 2.05) is 0 Å². The zero-order valence-electron chi connectivity index (χ0n) is 17.1. The highest BCUT2D eigenvalue weighted by atomic mass is 19.4. The van der Waals surface area contributed by atoms with Crippen LogP contribution in [-0.4, -0.2) is 26.0 Å². The monoisotopic (exact) mass is 444 g/mol. The van der Waals surface area contributed by atoms with E-state index in [9.17, 15) is 22.8 Å². The SMILES string of the molecule is COc1cc(NC(=O)c2ccc(C(F)(F)F)cc2)c(OC)cc1NC(=O)c1ccccc1. The molecule has 166 valence electrons. The molecule has 2 N–H and O–H groups in total. The Bertz CT molecular complexity index is 1110. The van der Waals surface area contributed by atoms with Crippen LogP contribution in [-0.2, 0) is 6.18 Å². The van der Waals surface area contributed by atoms with Gasteiger partial charge in [0.2, 0.25) is 0 Å². The molecule has 3 aromatic rings. The van der Waals surface area contributed by atoms with E-state index < -0.39 is 17.6 Å². The first-order valence-corrected chi connectivity index (χ1v) is 9.34. The van der Waals surface area contributed by atoms with Crippen molar-refractivity contribution in [2.75, 3.05) is 24.9 Å². The quantitative estimate of drug-likeness (QED) is 0.546. The van der Waals surface area contributed by atoms with Crippen LogP contribution in [0.3, 0.4) is 0 Å². The zero-order chi connectivity index (χ0) is 23.3. The lowest BCUT2D eigenvalue weighted by Crippen LogP contribution is -2.15. The van der Waals surface area contributed by atoms with Gasteiger partial charge in [-0.25, -0.2) is 0 Å². The van der Waals surface area contributed by atoms with Gasteiger partial charge in [-0.1, -0.05) is 18.2 Å². The molecule has 32 heavy (non-hydrogen) atoms.